The normalized spacial score (nSPS) is 14.6. The second-order valence-electron chi connectivity index (χ2n) is 4.24. The smallest absolute Gasteiger partial charge is 0.171 e. The van der Waals surface area contributed by atoms with Crippen LogP contribution in [0.3, 0.4) is 0 Å². The van der Waals surface area contributed by atoms with Gasteiger partial charge in [0.2, 0.25) is 0 Å². The predicted molar refractivity (Wildman–Crippen MR) is 61.0 cm³/mol. The van der Waals surface area contributed by atoms with Gasteiger partial charge < -0.3 is 19.5 Å². The molecular weight excluding hydrogens is 194 g/mol. The summed E-state index contributed by atoms with van der Waals surface area (Å²) in [7, 11) is 6.95. The molecule has 0 saturated heterocycles. The van der Waals surface area contributed by atoms with Crippen molar-refractivity contribution in [3.63, 3.8) is 0 Å². The molecule has 15 heavy (non-hydrogen) atoms. The van der Waals surface area contributed by atoms with Gasteiger partial charge in [-0.05, 0) is 33.7 Å². The third kappa shape index (κ3) is 5.47. The second kappa shape index (κ2) is 7.17. The Morgan fingerprint density at radius 2 is 1.67 bits per heavy atom. The number of hydrogen-bond donors (Lipinski definition) is 1. The molecule has 4 heteroatoms. The lowest BCUT2D eigenvalue weighted by Crippen LogP contribution is -2.41. The Labute approximate surface area is 93.3 Å². The molecule has 1 atom stereocenters. The molecule has 0 radical (unpaired) electrons. The average Bonchev–Trinajstić information content (AvgIpc) is 2.24. The Bertz CT molecular complexity index is 158. The molecule has 0 amide bonds. The van der Waals surface area contributed by atoms with Crippen LogP contribution in [0.2, 0.25) is 0 Å². The Morgan fingerprint density at radius 1 is 1.13 bits per heavy atom. The highest BCUT2D eigenvalue weighted by molar-refractivity contribution is 4.75. The number of likely N-dealkylation sites (N-methyl/N-ethyl adjacent to an activating group) is 1. The SMILES string of the molecule is CNC(CCC(C)(C)OC)C(OC)OC. The molecule has 0 aliphatic heterocycles. The molecule has 0 spiro atoms. The maximum atomic E-state index is 5.37. The first-order valence-electron chi connectivity index (χ1n) is 5.28. The quantitative estimate of drug-likeness (QED) is 0.626. The van der Waals surface area contributed by atoms with Crippen molar-refractivity contribution in [3.8, 4) is 0 Å². The molecule has 0 heterocycles. The largest absolute Gasteiger partial charge is 0.379 e. The van der Waals surface area contributed by atoms with Crippen LogP contribution in [-0.4, -0.2) is 46.3 Å². The molecule has 1 unspecified atom stereocenters. The molecule has 92 valence electrons. The molecule has 0 aromatic rings. The minimum Gasteiger partial charge on any atom is -0.379 e. The van der Waals surface area contributed by atoms with Gasteiger partial charge in [-0.2, -0.15) is 0 Å². The summed E-state index contributed by atoms with van der Waals surface area (Å²) in [4.78, 5) is 0. The molecule has 0 saturated carbocycles. The lowest BCUT2D eigenvalue weighted by molar-refractivity contribution is -0.125. The number of nitrogens with one attached hydrogen (secondary N) is 1. The van der Waals surface area contributed by atoms with Crippen LogP contribution >= 0.6 is 0 Å². The third-order valence-electron chi connectivity index (χ3n) is 2.77. The first-order valence-corrected chi connectivity index (χ1v) is 5.28. The van der Waals surface area contributed by atoms with E-state index in [4.69, 9.17) is 14.2 Å². The van der Waals surface area contributed by atoms with Gasteiger partial charge in [0, 0.05) is 21.3 Å². The first-order chi connectivity index (χ1) is 7.00. The van der Waals surface area contributed by atoms with E-state index < -0.39 is 0 Å². The fourth-order valence-corrected chi connectivity index (χ4v) is 1.45. The van der Waals surface area contributed by atoms with Crippen molar-refractivity contribution in [2.45, 2.75) is 44.6 Å². The number of rotatable bonds is 8. The van der Waals surface area contributed by atoms with E-state index in [1.165, 1.54) is 0 Å². The van der Waals surface area contributed by atoms with E-state index >= 15 is 0 Å². The molecule has 0 aromatic carbocycles. The predicted octanol–water partition coefficient (Wildman–Crippen LogP) is 1.40. The van der Waals surface area contributed by atoms with Gasteiger partial charge in [0.1, 0.15) is 0 Å². The summed E-state index contributed by atoms with van der Waals surface area (Å²) >= 11 is 0. The maximum absolute atomic E-state index is 5.37. The van der Waals surface area contributed by atoms with Gasteiger partial charge in [0.15, 0.2) is 6.29 Å². The molecule has 1 N–H and O–H groups in total. The summed E-state index contributed by atoms with van der Waals surface area (Å²) in [6, 6.07) is 0.189. The maximum Gasteiger partial charge on any atom is 0.171 e. The Morgan fingerprint density at radius 3 is 2.00 bits per heavy atom. The van der Waals surface area contributed by atoms with E-state index in [2.05, 4.69) is 19.2 Å². The van der Waals surface area contributed by atoms with E-state index in [-0.39, 0.29) is 17.9 Å². The van der Waals surface area contributed by atoms with Crippen molar-refractivity contribution in [1.82, 2.24) is 5.32 Å². The summed E-state index contributed by atoms with van der Waals surface area (Å²) < 4.78 is 15.8. The molecule has 0 aliphatic carbocycles. The van der Waals surface area contributed by atoms with Crippen molar-refractivity contribution in [2.24, 2.45) is 0 Å². The van der Waals surface area contributed by atoms with Crippen molar-refractivity contribution >= 4 is 0 Å². The molecule has 0 fully saturated rings. The Kier molecular flexibility index (Phi) is 7.09. The molecule has 0 bridgehead atoms. The van der Waals surface area contributed by atoms with Crippen LogP contribution < -0.4 is 5.32 Å². The monoisotopic (exact) mass is 219 g/mol. The zero-order valence-electron chi connectivity index (χ0n) is 10.8. The average molecular weight is 219 g/mol. The van der Waals surface area contributed by atoms with Gasteiger partial charge in [-0.15, -0.1) is 0 Å². The van der Waals surface area contributed by atoms with Crippen LogP contribution in [0.25, 0.3) is 0 Å². The van der Waals surface area contributed by atoms with Crippen molar-refractivity contribution in [2.75, 3.05) is 28.4 Å². The standard InChI is InChI=1S/C11H25NO3/c1-11(2,15-6)8-7-9(12-3)10(13-4)14-5/h9-10,12H,7-8H2,1-6H3. The summed E-state index contributed by atoms with van der Waals surface area (Å²) in [5.41, 5.74) is -0.0961. The summed E-state index contributed by atoms with van der Waals surface area (Å²) in [5, 5.41) is 3.20. The van der Waals surface area contributed by atoms with Crippen molar-refractivity contribution in [3.05, 3.63) is 0 Å². The lowest BCUT2D eigenvalue weighted by atomic mass is 9.98. The lowest BCUT2D eigenvalue weighted by Gasteiger charge is -2.29. The fourth-order valence-electron chi connectivity index (χ4n) is 1.45. The molecular formula is C11H25NO3. The highest BCUT2D eigenvalue weighted by atomic mass is 16.7. The van der Waals surface area contributed by atoms with Crippen molar-refractivity contribution in [1.29, 1.82) is 0 Å². The van der Waals surface area contributed by atoms with Crippen LogP contribution in [-0.2, 0) is 14.2 Å². The molecule has 0 rings (SSSR count). The number of hydrogen-bond acceptors (Lipinski definition) is 4. The van der Waals surface area contributed by atoms with Crippen molar-refractivity contribution < 1.29 is 14.2 Å². The first kappa shape index (κ1) is 14.8. The number of methoxy groups -OCH3 is 3. The number of ether oxygens (including phenoxy) is 3. The molecule has 0 aliphatic rings. The van der Waals surface area contributed by atoms with Gasteiger partial charge in [-0.3, -0.25) is 0 Å². The molecule has 4 nitrogen and oxygen atoms in total. The van der Waals surface area contributed by atoms with E-state index in [1.54, 1.807) is 21.3 Å². The minimum absolute atomic E-state index is 0.0961. The van der Waals surface area contributed by atoms with Gasteiger partial charge in [-0.1, -0.05) is 0 Å². The Balaban J connectivity index is 4.10. The fraction of sp³-hybridized carbons (Fsp3) is 1.00. The van der Waals surface area contributed by atoms with Gasteiger partial charge in [0.05, 0.1) is 11.6 Å². The minimum atomic E-state index is -0.206. The van der Waals surface area contributed by atoms with E-state index in [0.29, 0.717) is 0 Å². The van der Waals surface area contributed by atoms with Gasteiger partial charge >= 0.3 is 0 Å². The summed E-state index contributed by atoms with van der Waals surface area (Å²) in [5.74, 6) is 0. The topological polar surface area (TPSA) is 39.7 Å². The van der Waals surface area contributed by atoms with E-state index in [9.17, 15) is 0 Å². The molecule has 0 aromatic heterocycles. The van der Waals surface area contributed by atoms with Crippen LogP contribution in [0.1, 0.15) is 26.7 Å². The van der Waals surface area contributed by atoms with Crippen LogP contribution in [0.5, 0.6) is 0 Å². The van der Waals surface area contributed by atoms with Crippen LogP contribution in [0.15, 0.2) is 0 Å². The zero-order chi connectivity index (χ0) is 11.9. The van der Waals surface area contributed by atoms with E-state index in [1.807, 2.05) is 7.05 Å². The van der Waals surface area contributed by atoms with Gasteiger partial charge in [0.25, 0.3) is 0 Å². The zero-order valence-corrected chi connectivity index (χ0v) is 10.8. The van der Waals surface area contributed by atoms with Crippen LogP contribution in [0.4, 0.5) is 0 Å². The third-order valence-corrected chi connectivity index (χ3v) is 2.77. The van der Waals surface area contributed by atoms with Crippen LogP contribution in [0, 0.1) is 0 Å². The summed E-state index contributed by atoms with van der Waals surface area (Å²) in [6.45, 7) is 4.16. The highest BCUT2D eigenvalue weighted by Crippen LogP contribution is 2.18. The summed E-state index contributed by atoms with van der Waals surface area (Å²) in [6.07, 6.45) is 1.70. The Hall–Kier alpha value is -0.160. The second-order valence-corrected chi connectivity index (χ2v) is 4.24. The van der Waals surface area contributed by atoms with E-state index in [0.717, 1.165) is 12.8 Å². The highest BCUT2D eigenvalue weighted by Gasteiger charge is 2.23. The van der Waals surface area contributed by atoms with Gasteiger partial charge in [-0.25, -0.2) is 0 Å².